The van der Waals surface area contributed by atoms with Crippen LogP contribution in [0.5, 0.6) is 0 Å². The van der Waals surface area contributed by atoms with Crippen molar-refractivity contribution in [3.05, 3.63) is 29.8 Å². The zero-order chi connectivity index (χ0) is 19.9. The van der Waals surface area contributed by atoms with Gasteiger partial charge in [0.15, 0.2) is 0 Å². The summed E-state index contributed by atoms with van der Waals surface area (Å²) in [6.45, 7) is -1.64. The van der Waals surface area contributed by atoms with Crippen LogP contribution in [0.4, 0.5) is 8.78 Å². The van der Waals surface area contributed by atoms with Gasteiger partial charge in [0.1, 0.15) is 0 Å². The van der Waals surface area contributed by atoms with E-state index in [-0.39, 0.29) is 35.7 Å². The molecule has 158 valence electrons. The summed E-state index contributed by atoms with van der Waals surface area (Å²) in [6.07, 6.45) is 5.57. The number of thioether (sulfide) groups is 1. The summed E-state index contributed by atoms with van der Waals surface area (Å²) in [6, 6.07) is 6.98. The summed E-state index contributed by atoms with van der Waals surface area (Å²) in [5, 5.41) is 2.22. The van der Waals surface area contributed by atoms with Crippen molar-refractivity contribution in [1.82, 2.24) is 10.2 Å². The van der Waals surface area contributed by atoms with Crippen LogP contribution in [0.25, 0.3) is 0 Å². The van der Waals surface area contributed by atoms with E-state index in [1.165, 1.54) is 18.2 Å². The molecule has 0 spiro atoms. The van der Waals surface area contributed by atoms with Crippen molar-refractivity contribution in [2.75, 3.05) is 25.9 Å². The lowest BCUT2D eigenvalue weighted by Crippen LogP contribution is -2.41. The molecule has 9 heteroatoms. The molecule has 1 saturated carbocycles. The van der Waals surface area contributed by atoms with Crippen LogP contribution in [0.2, 0.25) is 0 Å². The van der Waals surface area contributed by atoms with Crippen molar-refractivity contribution >= 4 is 36.0 Å². The molecule has 1 aliphatic carbocycles. The number of benzene rings is 1. The Morgan fingerprint density at radius 2 is 1.89 bits per heavy atom. The first-order chi connectivity index (χ1) is 12.8. The van der Waals surface area contributed by atoms with E-state index in [0.717, 1.165) is 25.7 Å². The SMILES string of the molecule is CN(C(=O)CSc1ccccc1C(=O)NCC(F)(F)CN)C1CCCCC1.Cl. The summed E-state index contributed by atoms with van der Waals surface area (Å²) >= 11 is 1.25. The molecule has 0 atom stereocenters. The second-order valence-electron chi connectivity index (χ2n) is 6.82. The van der Waals surface area contributed by atoms with E-state index in [4.69, 9.17) is 5.73 Å². The highest BCUT2D eigenvalue weighted by atomic mass is 35.5. The average molecular weight is 436 g/mol. The van der Waals surface area contributed by atoms with Gasteiger partial charge in [0.2, 0.25) is 5.91 Å². The summed E-state index contributed by atoms with van der Waals surface area (Å²) in [5.41, 5.74) is 5.27. The number of nitrogens with two attached hydrogens (primary N) is 1. The van der Waals surface area contributed by atoms with Crippen LogP contribution in [-0.4, -0.2) is 54.6 Å². The van der Waals surface area contributed by atoms with Crippen LogP contribution in [0.1, 0.15) is 42.5 Å². The minimum absolute atomic E-state index is 0. The molecule has 0 aromatic heterocycles. The highest BCUT2D eigenvalue weighted by molar-refractivity contribution is 8.00. The van der Waals surface area contributed by atoms with Gasteiger partial charge in [-0.25, -0.2) is 8.78 Å². The summed E-state index contributed by atoms with van der Waals surface area (Å²) in [7, 11) is 1.83. The van der Waals surface area contributed by atoms with Crippen molar-refractivity contribution in [3.8, 4) is 0 Å². The highest BCUT2D eigenvalue weighted by Gasteiger charge is 2.28. The molecule has 5 nitrogen and oxygen atoms in total. The molecule has 0 aliphatic heterocycles. The molecule has 0 bridgehead atoms. The Hall–Kier alpha value is -1.38. The molecule has 28 heavy (non-hydrogen) atoms. The minimum Gasteiger partial charge on any atom is -0.346 e. The maximum atomic E-state index is 13.3. The van der Waals surface area contributed by atoms with Gasteiger partial charge in [0.25, 0.3) is 11.8 Å². The average Bonchev–Trinajstić information content (AvgIpc) is 2.70. The third kappa shape index (κ3) is 7.22. The number of nitrogens with one attached hydrogen (secondary N) is 1. The summed E-state index contributed by atoms with van der Waals surface area (Å²) in [5.74, 6) is -3.52. The Kier molecular flexibility index (Phi) is 10.2. The predicted octanol–water partition coefficient (Wildman–Crippen LogP) is 3.32. The topological polar surface area (TPSA) is 75.4 Å². The van der Waals surface area contributed by atoms with Gasteiger partial charge in [-0.05, 0) is 25.0 Å². The maximum absolute atomic E-state index is 13.3. The summed E-state index contributed by atoms with van der Waals surface area (Å²) in [4.78, 5) is 27.1. The molecule has 0 saturated heterocycles. The first kappa shape index (κ1) is 24.7. The van der Waals surface area contributed by atoms with E-state index in [1.54, 1.807) is 29.2 Å². The molecule has 0 heterocycles. The van der Waals surface area contributed by atoms with Crippen LogP contribution < -0.4 is 11.1 Å². The smallest absolute Gasteiger partial charge is 0.277 e. The maximum Gasteiger partial charge on any atom is 0.277 e. The van der Waals surface area contributed by atoms with Crippen LogP contribution in [0.3, 0.4) is 0 Å². The number of nitrogens with zero attached hydrogens (tertiary/aromatic N) is 1. The zero-order valence-corrected chi connectivity index (χ0v) is 17.6. The Labute approximate surface area is 175 Å². The number of hydrogen-bond acceptors (Lipinski definition) is 4. The van der Waals surface area contributed by atoms with Crippen LogP contribution >= 0.6 is 24.2 Å². The first-order valence-corrected chi connectivity index (χ1v) is 10.2. The van der Waals surface area contributed by atoms with E-state index >= 15 is 0 Å². The van der Waals surface area contributed by atoms with Gasteiger partial charge in [-0.1, -0.05) is 31.4 Å². The number of carbonyl (C=O) groups is 2. The quantitative estimate of drug-likeness (QED) is 0.614. The van der Waals surface area contributed by atoms with Gasteiger partial charge in [-0.3, -0.25) is 9.59 Å². The van der Waals surface area contributed by atoms with Gasteiger partial charge < -0.3 is 16.0 Å². The predicted molar refractivity (Wildman–Crippen MR) is 110 cm³/mol. The van der Waals surface area contributed by atoms with Gasteiger partial charge in [-0.2, -0.15) is 0 Å². The van der Waals surface area contributed by atoms with Crippen molar-refractivity contribution in [3.63, 3.8) is 0 Å². The lowest BCUT2D eigenvalue weighted by atomic mass is 9.94. The third-order valence-corrected chi connectivity index (χ3v) is 5.86. The normalized spacial score (nSPS) is 14.9. The summed E-state index contributed by atoms with van der Waals surface area (Å²) < 4.78 is 26.5. The van der Waals surface area contributed by atoms with Crippen molar-refractivity contribution in [2.24, 2.45) is 5.73 Å². The molecule has 3 N–H and O–H groups in total. The van der Waals surface area contributed by atoms with Crippen LogP contribution in [0, 0.1) is 0 Å². The third-order valence-electron chi connectivity index (χ3n) is 4.80. The van der Waals surface area contributed by atoms with Gasteiger partial charge in [0, 0.05) is 18.0 Å². The van der Waals surface area contributed by atoms with E-state index < -0.39 is 24.9 Å². The standard InChI is InChI=1S/C19H27F2N3O2S.ClH/c1-24(14-7-3-2-4-8-14)17(25)11-27-16-10-6-5-9-15(16)18(26)23-13-19(20,21)12-22;/h5-6,9-10,14H,2-4,7-8,11-13,22H2,1H3,(H,23,26);1H. The molecule has 1 aromatic rings. The van der Waals surface area contributed by atoms with Crippen LogP contribution in [0.15, 0.2) is 29.2 Å². The lowest BCUT2D eigenvalue weighted by Gasteiger charge is -2.31. The fourth-order valence-electron chi connectivity index (χ4n) is 3.07. The monoisotopic (exact) mass is 435 g/mol. The minimum atomic E-state index is -3.14. The molecule has 1 aliphatic rings. The number of carbonyl (C=O) groups excluding carboxylic acids is 2. The van der Waals surface area contributed by atoms with Crippen LogP contribution in [-0.2, 0) is 4.79 Å². The largest absolute Gasteiger partial charge is 0.346 e. The molecule has 2 rings (SSSR count). The Morgan fingerprint density at radius 1 is 1.25 bits per heavy atom. The Bertz CT molecular complexity index is 658. The van der Waals surface area contributed by atoms with Gasteiger partial charge >= 0.3 is 0 Å². The molecular weight excluding hydrogens is 408 g/mol. The number of hydrogen-bond donors (Lipinski definition) is 2. The van der Waals surface area contributed by atoms with E-state index in [0.29, 0.717) is 4.90 Å². The number of rotatable bonds is 8. The lowest BCUT2D eigenvalue weighted by molar-refractivity contribution is -0.129. The molecule has 1 fully saturated rings. The van der Waals surface area contributed by atoms with E-state index in [1.807, 2.05) is 7.05 Å². The zero-order valence-electron chi connectivity index (χ0n) is 16.0. The number of halogens is 3. The Morgan fingerprint density at radius 3 is 2.54 bits per heavy atom. The number of amides is 2. The van der Waals surface area contributed by atoms with E-state index in [9.17, 15) is 18.4 Å². The second kappa shape index (κ2) is 11.6. The second-order valence-corrected chi connectivity index (χ2v) is 7.84. The van der Waals surface area contributed by atoms with Crippen molar-refractivity contribution in [2.45, 2.75) is 49.0 Å². The Balaban J connectivity index is 0.00000392. The fraction of sp³-hybridized carbons (Fsp3) is 0.579. The fourth-order valence-corrected chi connectivity index (χ4v) is 4.04. The highest BCUT2D eigenvalue weighted by Crippen LogP contribution is 2.26. The molecule has 0 radical (unpaired) electrons. The van der Waals surface area contributed by atoms with Crippen molar-refractivity contribution < 1.29 is 18.4 Å². The molecule has 1 aromatic carbocycles. The molecule has 0 unspecified atom stereocenters. The van der Waals surface area contributed by atoms with Gasteiger partial charge in [0.05, 0.1) is 24.4 Å². The first-order valence-electron chi connectivity index (χ1n) is 9.17. The van der Waals surface area contributed by atoms with E-state index in [2.05, 4.69) is 5.32 Å². The number of alkyl halides is 2. The molecule has 2 amide bonds. The van der Waals surface area contributed by atoms with Crippen molar-refractivity contribution in [1.29, 1.82) is 0 Å². The molecular formula is C19H28ClF2N3O2S. The van der Waals surface area contributed by atoms with Gasteiger partial charge in [-0.15, -0.1) is 24.2 Å².